The van der Waals surface area contributed by atoms with Crippen LogP contribution in [0.2, 0.25) is 6.32 Å². The molecule has 0 amide bonds. The van der Waals surface area contributed by atoms with Crippen LogP contribution in [0.15, 0.2) is 40.7 Å². The molecule has 88 valence electrons. The zero-order chi connectivity index (χ0) is 12.1. The standard InChI is InChI=1S/C14H19BN2/c1-3-6-12(10-15-2)16-14-9-11-7-4-5-8-13(11)17-14/h3,6H,1-2,4-5,7-10H2,(H,16,17)/b12-6-. The molecule has 0 unspecified atom stereocenters. The molecule has 1 N–H and O–H groups in total. The van der Waals surface area contributed by atoms with Gasteiger partial charge in [0.2, 0.25) is 0 Å². The van der Waals surface area contributed by atoms with Crippen LogP contribution in [-0.4, -0.2) is 19.2 Å². The van der Waals surface area contributed by atoms with Crippen molar-refractivity contribution in [3.8, 4) is 0 Å². The fraction of sp³-hybridized carbons (Fsp3) is 0.429. The molecule has 17 heavy (non-hydrogen) atoms. The first kappa shape index (κ1) is 12.1. The molecular formula is C14H19BN2. The van der Waals surface area contributed by atoms with E-state index in [4.69, 9.17) is 4.99 Å². The summed E-state index contributed by atoms with van der Waals surface area (Å²) < 4.78 is 0. The number of hydrogen-bond donors (Lipinski definition) is 1. The van der Waals surface area contributed by atoms with Crippen LogP contribution in [0.4, 0.5) is 0 Å². The van der Waals surface area contributed by atoms with Crippen LogP contribution in [-0.2, 0) is 0 Å². The second kappa shape index (κ2) is 5.81. The van der Waals surface area contributed by atoms with Gasteiger partial charge in [0.25, 0.3) is 0 Å². The number of amidine groups is 1. The van der Waals surface area contributed by atoms with Crippen molar-refractivity contribution < 1.29 is 0 Å². The van der Waals surface area contributed by atoms with E-state index in [1.165, 1.54) is 30.5 Å². The summed E-state index contributed by atoms with van der Waals surface area (Å²) in [6, 6.07) is 0. The number of aliphatic imine (C=N–C) groups is 1. The molecular weight excluding hydrogens is 207 g/mol. The normalized spacial score (nSPS) is 19.5. The molecule has 0 bridgehead atoms. The number of allylic oxidation sites excluding steroid dienone is 4. The third kappa shape index (κ3) is 3.05. The van der Waals surface area contributed by atoms with Crippen LogP contribution < -0.4 is 5.32 Å². The monoisotopic (exact) mass is 226 g/mol. The van der Waals surface area contributed by atoms with Crippen LogP contribution in [0.25, 0.3) is 0 Å². The van der Waals surface area contributed by atoms with Crippen LogP contribution in [0, 0.1) is 0 Å². The van der Waals surface area contributed by atoms with E-state index in [0.29, 0.717) is 0 Å². The van der Waals surface area contributed by atoms with Gasteiger partial charge in [-0.15, -0.1) is 0 Å². The average Bonchev–Trinajstić information content (AvgIpc) is 2.71. The molecule has 1 heterocycles. The first-order chi connectivity index (χ1) is 8.33. The molecule has 0 aromatic rings. The predicted octanol–water partition coefficient (Wildman–Crippen LogP) is 2.83. The molecule has 0 aromatic carbocycles. The summed E-state index contributed by atoms with van der Waals surface area (Å²) in [4.78, 5) is 4.69. The van der Waals surface area contributed by atoms with Crippen molar-refractivity contribution in [2.75, 3.05) is 0 Å². The Labute approximate surface area is 104 Å². The summed E-state index contributed by atoms with van der Waals surface area (Å²) in [5.41, 5.74) is 3.99. The first-order valence-electron chi connectivity index (χ1n) is 6.31. The van der Waals surface area contributed by atoms with E-state index >= 15 is 0 Å². The molecule has 0 aromatic heterocycles. The molecule has 0 saturated heterocycles. The predicted molar refractivity (Wildman–Crippen MR) is 76.6 cm³/mol. The van der Waals surface area contributed by atoms with Crippen LogP contribution in [0.3, 0.4) is 0 Å². The van der Waals surface area contributed by atoms with Gasteiger partial charge in [0.1, 0.15) is 0 Å². The second-order valence-electron chi connectivity index (χ2n) is 4.54. The van der Waals surface area contributed by atoms with Gasteiger partial charge in [-0.05, 0) is 0 Å². The van der Waals surface area contributed by atoms with Crippen molar-refractivity contribution in [1.82, 2.24) is 5.32 Å². The Hall–Kier alpha value is -1.38. The summed E-state index contributed by atoms with van der Waals surface area (Å²) in [6.45, 7) is 9.39. The fourth-order valence-electron chi connectivity index (χ4n) is 2.40. The van der Waals surface area contributed by atoms with Gasteiger partial charge in [0.15, 0.2) is 0 Å². The Morgan fingerprint density at radius 3 is 2.94 bits per heavy atom. The maximum absolute atomic E-state index is 4.69. The van der Waals surface area contributed by atoms with E-state index in [9.17, 15) is 0 Å². The Morgan fingerprint density at radius 1 is 1.41 bits per heavy atom. The third-order valence-electron chi connectivity index (χ3n) is 3.19. The van der Waals surface area contributed by atoms with Crippen molar-refractivity contribution in [3.63, 3.8) is 0 Å². The molecule has 0 fully saturated rings. The van der Waals surface area contributed by atoms with E-state index in [1.807, 2.05) is 13.0 Å². The van der Waals surface area contributed by atoms with Crippen molar-refractivity contribution >= 4 is 19.2 Å². The van der Waals surface area contributed by atoms with E-state index < -0.39 is 0 Å². The number of hydrogen-bond acceptors (Lipinski definition) is 2. The van der Waals surface area contributed by atoms with Gasteiger partial charge in [-0.2, -0.15) is 0 Å². The molecule has 2 nitrogen and oxygen atoms in total. The molecule has 2 aliphatic rings. The minimum absolute atomic E-state index is 0.829. The molecule has 2 rings (SSSR count). The number of nitrogens with one attached hydrogen (secondary N) is 1. The van der Waals surface area contributed by atoms with Crippen molar-refractivity contribution in [2.45, 2.75) is 38.4 Å². The molecule has 0 atom stereocenters. The van der Waals surface area contributed by atoms with Crippen LogP contribution in [0.5, 0.6) is 0 Å². The molecule has 0 radical (unpaired) electrons. The summed E-state index contributed by atoms with van der Waals surface area (Å²) in [6.07, 6.45) is 10.6. The molecule has 0 saturated carbocycles. The molecule has 1 aliphatic carbocycles. The minimum atomic E-state index is 0.829. The SMILES string of the molecule is C=BC/C(=C/C=C)NC1=NC2=C(CCCC2)C1. The van der Waals surface area contributed by atoms with Gasteiger partial charge in [-0.25, -0.2) is 0 Å². The van der Waals surface area contributed by atoms with E-state index in [-0.39, 0.29) is 0 Å². The fourth-order valence-corrected chi connectivity index (χ4v) is 2.40. The number of rotatable bonds is 4. The zero-order valence-corrected chi connectivity index (χ0v) is 10.3. The number of nitrogens with zero attached hydrogens (tertiary/aromatic N) is 1. The van der Waals surface area contributed by atoms with Gasteiger partial charge >= 0.3 is 104 Å². The van der Waals surface area contributed by atoms with E-state index in [0.717, 1.165) is 30.7 Å². The van der Waals surface area contributed by atoms with E-state index in [2.05, 4.69) is 18.4 Å². The Morgan fingerprint density at radius 2 is 2.24 bits per heavy atom. The molecule has 1 aliphatic heterocycles. The summed E-state index contributed by atoms with van der Waals surface area (Å²) in [5.74, 6) is 1.09. The van der Waals surface area contributed by atoms with Gasteiger partial charge < -0.3 is 0 Å². The molecule has 0 spiro atoms. The second-order valence-corrected chi connectivity index (χ2v) is 4.54. The zero-order valence-electron chi connectivity index (χ0n) is 10.3. The Balaban J connectivity index is 1.99. The van der Waals surface area contributed by atoms with E-state index in [1.54, 1.807) is 6.08 Å². The van der Waals surface area contributed by atoms with Crippen LogP contribution >= 0.6 is 0 Å². The average molecular weight is 226 g/mol. The van der Waals surface area contributed by atoms with Gasteiger partial charge in [-0.1, -0.05) is 0 Å². The van der Waals surface area contributed by atoms with Crippen molar-refractivity contribution in [3.05, 3.63) is 35.7 Å². The quantitative estimate of drug-likeness (QED) is 0.578. The molecule has 3 heteroatoms. The van der Waals surface area contributed by atoms with Crippen molar-refractivity contribution in [1.29, 1.82) is 0 Å². The first-order valence-corrected chi connectivity index (χ1v) is 6.31. The topological polar surface area (TPSA) is 24.4 Å². The maximum atomic E-state index is 4.69. The summed E-state index contributed by atoms with van der Waals surface area (Å²) in [5, 5.41) is 3.40. The van der Waals surface area contributed by atoms with Gasteiger partial charge in [0, 0.05) is 0 Å². The Kier molecular flexibility index (Phi) is 4.13. The summed E-state index contributed by atoms with van der Waals surface area (Å²) in [7, 11) is 0. The summed E-state index contributed by atoms with van der Waals surface area (Å²) >= 11 is 0. The van der Waals surface area contributed by atoms with Crippen molar-refractivity contribution in [2.24, 2.45) is 4.99 Å². The third-order valence-corrected chi connectivity index (χ3v) is 3.19. The Bertz CT molecular complexity index is 416. The van der Waals surface area contributed by atoms with Crippen LogP contribution in [0.1, 0.15) is 32.1 Å². The van der Waals surface area contributed by atoms with Gasteiger partial charge in [-0.3, -0.25) is 0 Å². The van der Waals surface area contributed by atoms with Gasteiger partial charge in [0.05, 0.1) is 0 Å².